The standard InChI is InChI=1S/C15H19ClN2O4/c16-12-3-1-11(2-4-12)9-15(6-8-22-10-15)18-14(21)17-7-5-13(19)20/h1-4H,5-10H2,(H,19,20)(H2,17,18,21). The maximum absolute atomic E-state index is 11.9. The first-order valence-electron chi connectivity index (χ1n) is 7.09. The second kappa shape index (κ2) is 7.47. The molecule has 22 heavy (non-hydrogen) atoms. The number of aliphatic carboxylic acids is 1. The van der Waals surface area contributed by atoms with E-state index in [1.807, 2.05) is 24.3 Å². The summed E-state index contributed by atoms with van der Waals surface area (Å²) in [6, 6.07) is 7.10. The number of carboxylic acid groups (broad SMARTS) is 1. The van der Waals surface area contributed by atoms with Crippen molar-refractivity contribution in [2.75, 3.05) is 19.8 Å². The van der Waals surface area contributed by atoms with Crippen molar-refractivity contribution in [1.82, 2.24) is 10.6 Å². The molecule has 1 unspecified atom stereocenters. The van der Waals surface area contributed by atoms with Crippen LogP contribution in [0.1, 0.15) is 18.4 Å². The molecule has 1 aromatic rings. The van der Waals surface area contributed by atoms with Crippen LogP contribution >= 0.6 is 11.6 Å². The van der Waals surface area contributed by atoms with Gasteiger partial charge in [0.05, 0.1) is 18.6 Å². The molecule has 1 aliphatic heterocycles. The van der Waals surface area contributed by atoms with E-state index in [9.17, 15) is 9.59 Å². The first-order chi connectivity index (χ1) is 10.5. The van der Waals surface area contributed by atoms with Gasteiger partial charge in [-0.3, -0.25) is 4.79 Å². The molecule has 0 radical (unpaired) electrons. The first kappa shape index (κ1) is 16.6. The lowest BCUT2D eigenvalue weighted by Crippen LogP contribution is -2.54. The van der Waals surface area contributed by atoms with Crippen LogP contribution in [0, 0.1) is 0 Å². The minimum Gasteiger partial charge on any atom is -0.481 e. The Bertz CT molecular complexity index is 527. The third-order valence-corrected chi connectivity index (χ3v) is 3.81. The summed E-state index contributed by atoms with van der Waals surface area (Å²) >= 11 is 5.88. The number of carbonyl (C=O) groups excluding carboxylic acids is 1. The molecule has 1 aliphatic rings. The fourth-order valence-corrected chi connectivity index (χ4v) is 2.58. The number of halogens is 1. The predicted octanol–water partition coefficient (Wildman–Crippen LogP) is 1.82. The second-order valence-electron chi connectivity index (χ2n) is 5.41. The zero-order valence-electron chi connectivity index (χ0n) is 12.1. The Hall–Kier alpha value is -1.79. The van der Waals surface area contributed by atoms with Crippen LogP contribution in [0.2, 0.25) is 5.02 Å². The van der Waals surface area contributed by atoms with Crippen LogP contribution in [0.5, 0.6) is 0 Å². The van der Waals surface area contributed by atoms with Crippen LogP contribution in [-0.2, 0) is 16.0 Å². The lowest BCUT2D eigenvalue weighted by atomic mass is 9.90. The van der Waals surface area contributed by atoms with Gasteiger partial charge in [0.15, 0.2) is 0 Å². The maximum atomic E-state index is 11.9. The highest BCUT2D eigenvalue weighted by molar-refractivity contribution is 6.30. The van der Waals surface area contributed by atoms with Gasteiger partial charge in [0.25, 0.3) is 0 Å². The number of carbonyl (C=O) groups is 2. The van der Waals surface area contributed by atoms with Gasteiger partial charge in [0.1, 0.15) is 0 Å². The molecule has 1 atom stereocenters. The molecule has 7 heteroatoms. The van der Waals surface area contributed by atoms with Gasteiger partial charge < -0.3 is 20.5 Å². The summed E-state index contributed by atoms with van der Waals surface area (Å²) in [5, 5.41) is 14.7. The van der Waals surface area contributed by atoms with Crippen LogP contribution in [-0.4, -0.2) is 42.4 Å². The van der Waals surface area contributed by atoms with E-state index in [0.29, 0.717) is 31.1 Å². The van der Waals surface area contributed by atoms with Crippen LogP contribution in [0.25, 0.3) is 0 Å². The van der Waals surface area contributed by atoms with Crippen LogP contribution in [0.3, 0.4) is 0 Å². The van der Waals surface area contributed by atoms with Crippen molar-refractivity contribution >= 4 is 23.6 Å². The van der Waals surface area contributed by atoms with Crippen molar-refractivity contribution in [2.45, 2.75) is 24.8 Å². The molecule has 2 amide bonds. The number of amides is 2. The first-order valence-corrected chi connectivity index (χ1v) is 7.47. The number of urea groups is 1. The smallest absolute Gasteiger partial charge is 0.315 e. The van der Waals surface area contributed by atoms with Crippen LogP contribution < -0.4 is 10.6 Å². The van der Waals surface area contributed by atoms with Crippen molar-refractivity contribution in [3.63, 3.8) is 0 Å². The number of benzene rings is 1. The summed E-state index contributed by atoms with van der Waals surface area (Å²) < 4.78 is 5.44. The summed E-state index contributed by atoms with van der Waals surface area (Å²) in [6.45, 7) is 1.12. The normalized spacial score (nSPS) is 20.6. The van der Waals surface area contributed by atoms with Crippen molar-refractivity contribution in [3.05, 3.63) is 34.9 Å². The Morgan fingerprint density at radius 2 is 2.05 bits per heavy atom. The fraction of sp³-hybridized carbons (Fsp3) is 0.467. The molecule has 6 nitrogen and oxygen atoms in total. The molecule has 0 aliphatic carbocycles. The zero-order valence-corrected chi connectivity index (χ0v) is 12.9. The van der Waals surface area contributed by atoms with Gasteiger partial charge in [-0.05, 0) is 30.5 Å². The highest BCUT2D eigenvalue weighted by Gasteiger charge is 2.36. The molecule has 0 spiro atoms. The number of carboxylic acids is 1. The van der Waals surface area contributed by atoms with Crippen LogP contribution in [0.15, 0.2) is 24.3 Å². The van der Waals surface area contributed by atoms with E-state index < -0.39 is 11.5 Å². The molecule has 0 aromatic heterocycles. The quantitative estimate of drug-likeness (QED) is 0.744. The molecule has 1 saturated heterocycles. The number of ether oxygens (including phenoxy) is 1. The maximum Gasteiger partial charge on any atom is 0.315 e. The lowest BCUT2D eigenvalue weighted by Gasteiger charge is -2.29. The number of nitrogens with one attached hydrogen (secondary N) is 2. The van der Waals surface area contributed by atoms with E-state index >= 15 is 0 Å². The van der Waals surface area contributed by atoms with Crippen molar-refractivity contribution in [3.8, 4) is 0 Å². The molecular weight excluding hydrogens is 308 g/mol. The third kappa shape index (κ3) is 4.89. The highest BCUT2D eigenvalue weighted by Crippen LogP contribution is 2.24. The van der Waals surface area contributed by atoms with Crippen LogP contribution in [0.4, 0.5) is 4.79 Å². The van der Waals surface area contributed by atoms with E-state index in [-0.39, 0.29) is 19.0 Å². The average Bonchev–Trinajstić information content (AvgIpc) is 2.89. The summed E-state index contributed by atoms with van der Waals surface area (Å²) in [5.41, 5.74) is 0.585. The van der Waals surface area contributed by atoms with Gasteiger partial charge in [-0.1, -0.05) is 23.7 Å². The Morgan fingerprint density at radius 1 is 1.32 bits per heavy atom. The van der Waals surface area contributed by atoms with E-state index in [1.54, 1.807) is 0 Å². The van der Waals surface area contributed by atoms with E-state index in [0.717, 1.165) is 5.56 Å². The molecule has 2 rings (SSSR count). The molecule has 0 bridgehead atoms. The molecule has 3 N–H and O–H groups in total. The van der Waals surface area contributed by atoms with Gasteiger partial charge in [0, 0.05) is 18.2 Å². The minimum absolute atomic E-state index is 0.0963. The van der Waals surface area contributed by atoms with E-state index in [4.69, 9.17) is 21.4 Å². The molecule has 1 aromatic carbocycles. The lowest BCUT2D eigenvalue weighted by molar-refractivity contribution is -0.136. The van der Waals surface area contributed by atoms with E-state index in [1.165, 1.54) is 0 Å². The number of rotatable bonds is 6. The summed E-state index contributed by atoms with van der Waals surface area (Å²) in [4.78, 5) is 22.4. The Labute approximate surface area is 133 Å². The minimum atomic E-state index is -0.944. The number of hydrogen-bond acceptors (Lipinski definition) is 3. The fourth-order valence-electron chi connectivity index (χ4n) is 2.45. The average molecular weight is 327 g/mol. The third-order valence-electron chi connectivity index (χ3n) is 3.56. The van der Waals surface area contributed by atoms with Crippen molar-refractivity contribution < 1.29 is 19.4 Å². The SMILES string of the molecule is O=C(O)CCNC(=O)NC1(Cc2ccc(Cl)cc2)CCOC1. The Morgan fingerprint density at radius 3 is 2.64 bits per heavy atom. The zero-order chi connectivity index (χ0) is 16.0. The molecule has 1 fully saturated rings. The topological polar surface area (TPSA) is 87.7 Å². The Balaban J connectivity index is 1.94. The van der Waals surface area contributed by atoms with Gasteiger partial charge in [-0.2, -0.15) is 0 Å². The summed E-state index contributed by atoms with van der Waals surface area (Å²) in [6.07, 6.45) is 1.24. The Kier molecular flexibility index (Phi) is 5.63. The van der Waals surface area contributed by atoms with E-state index in [2.05, 4.69) is 10.6 Å². The van der Waals surface area contributed by atoms with Gasteiger partial charge in [-0.25, -0.2) is 4.79 Å². The summed E-state index contributed by atoms with van der Waals surface area (Å²) in [5.74, 6) is -0.944. The predicted molar refractivity (Wildman–Crippen MR) is 82.1 cm³/mol. The second-order valence-corrected chi connectivity index (χ2v) is 5.85. The number of hydrogen-bond donors (Lipinski definition) is 3. The van der Waals surface area contributed by atoms with Crippen molar-refractivity contribution in [1.29, 1.82) is 0 Å². The van der Waals surface area contributed by atoms with Gasteiger partial charge >= 0.3 is 12.0 Å². The molecular formula is C15H19ClN2O4. The molecule has 120 valence electrons. The summed E-state index contributed by atoms with van der Waals surface area (Å²) in [7, 11) is 0. The van der Waals surface area contributed by atoms with Crippen molar-refractivity contribution in [2.24, 2.45) is 0 Å². The molecule has 0 saturated carbocycles. The highest BCUT2D eigenvalue weighted by atomic mass is 35.5. The monoisotopic (exact) mass is 326 g/mol. The van der Waals surface area contributed by atoms with Gasteiger partial charge in [-0.15, -0.1) is 0 Å². The van der Waals surface area contributed by atoms with Gasteiger partial charge in [0.2, 0.25) is 0 Å². The largest absolute Gasteiger partial charge is 0.481 e. The molecule has 1 heterocycles.